The van der Waals surface area contributed by atoms with Crippen LogP contribution in [0.5, 0.6) is 11.5 Å². The molecule has 2 aromatic rings. The minimum atomic E-state index is -0.347. The zero-order valence-electron chi connectivity index (χ0n) is 14.2. The first kappa shape index (κ1) is 19.8. The molecule has 0 heterocycles. The fourth-order valence-electron chi connectivity index (χ4n) is 2.40. The van der Waals surface area contributed by atoms with Crippen LogP contribution in [0, 0.1) is 0 Å². The molecule has 1 amide bonds. The Labute approximate surface area is 165 Å². The SMILES string of the molecule is COc1ccc(CCNC(=O)[C@H](Br)[C@H](Br)c2ccccc2)cc1OC. The molecule has 0 spiro atoms. The lowest BCUT2D eigenvalue weighted by Crippen LogP contribution is -2.34. The largest absolute Gasteiger partial charge is 0.493 e. The van der Waals surface area contributed by atoms with E-state index in [0.717, 1.165) is 11.1 Å². The van der Waals surface area contributed by atoms with Crippen LogP contribution in [-0.4, -0.2) is 31.5 Å². The summed E-state index contributed by atoms with van der Waals surface area (Å²) in [5.74, 6) is 1.33. The van der Waals surface area contributed by atoms with Gasteiger partial charge in [0.15, 0.2) is 11.5 Å². The molecule has 0 saturated heterocycles. The van der Waals surface area contributed by atoms with Crippen molar-refractivity contribution >= 4 is 37.8 Å². The van der Waals surface area contributed by atoms with Crippen molar-refractivity contribution in [3.63, 3.8) is 0 Å². The molecule has 1 N–H and O–H groups in total. The smallest absolute Gasteiger partial charge is 0.235 e. The second-order valence-corrected chi connectivity index (χ2v) is 7.42. The van der Waals surface area contributed by atoms with Crippen LogP contribution in [-0.2, 0) is 11.2 Å². The molecule has 0 unspecified atom stereocenters. The number of alkyl halides is 2. The van der Waals surface area contributed by atoms with Gasteiger partial charge >= 0.3 is 0 Å². The Hall–Kier alpha value is -1.53. The summed E-state index contributed by atoms with van der Waals surface area (Å²) in [4.78, 5) is 11.9. The Bertz CT molecular complexity index is 694. The molecule has 0 aliphatic heterocycles. The van der Waals surface area contributed by atoms with Gasteiger partial charge < -0.3 is 14.8 Å². The third kappa shape index (κ3) is 5.47. The number of carbonyl (C=O) groups is 1. The van der Waals surface area contributed by atoms with Crippen LogP contribution in [0.1, 0.15) is 16.0 Å². The molecular weight excluding hydrogens is 450 g/mol. The maximum atomic E-state index is 12.3. The van der Waals surface area contributed by atoms with E-state index in [1.54, 1.807) is 14.2 Å². The van der Waals surface area contributed by atoms with Crippen molar-refractivity contribution in [1.82, 2.24) is 5.32 Å². The summed E-state index contributed by atoms with van der Waals surface area (Å²) >= 11 is 7.06. The Balaban J connectivity index is 1.87. The molecule has 0 aliphatic rings. The van der Waals surface area contributed by atoms with E-state index >= 15 is 0 Å². The van der Waals surface area contributed by atoms with Crippen molar-refractivity contribution in [2.45, 2.75) is 16.1 Å². The molecule has 6 heteroatoms. The Morgan fingerprint density at radius 2 is 1.72 bits per heavy atom. The highest BCUT2D eigenvalue weighted by molar-refractivity contribution is 9.12. The van der Waals surface area contributed by atoms with Gasteiger partial charge in [0, 0.05) is 6.54 Å². The topological polar surface area (TPSA) is 47.6 Å². The zero-order chi connectivity index (χ0) is 18.2. The van der Waals surface area contributed by atoms with Crippen LogP contribution in [0.4, 0.5) is 0 Å². The number of methoxy groups -OCH3 is 2. The van der Waals surface area contributed by atoms with E-state index in [1.807, 2.05) is 48.5 Å². The van der Waals surface area contributed by atoms with Crippen LogP contribution in [0.2, 0.25) is 0 Å². The summed E-state index contributed by atoms with van der Waals surface area (Å²) in [7, 11) is 3.22. The Kier molecular flexibility index (Phi) is 7.78. The van der Waals surface area contributed by atoms with Gasteiger partial charge in [0.1, 0.15) is 4.83 Å². The summed E-state index contributed by atoms with van der Waals surface area (Å²) in [6.45, 7) is 0.547. The molecule has 134 valence electrons. The van der Waals surface area contributed by atoms with Gasteiger partial charge in [-0.1, -0.05) is 68.3 Å². The van der Waals surface area contributed by atoms with Gasteiger partial charge in [-0.15, -0.1) is 0 Å². The van der Waals surface area contributed by atoms with Crippen molar-refractivity contribution in [3.05, 3.63) is 59.7 Å². The summed E-state index contributed by atoms with van der Waals surface area (Å²) < 4.78 is 10.5. The van der Waals surface area contributed by atoms with Crippen molar-refractivity contribution in [2.75, 3.05) is 20.8 Å². The molecule has 25 heavy (non-hydrogen) atoms. The van der Waals surface area contributed by atoms with Gasteiger partial charge in [-0.2, -0.15) is 0 Å². The molecule has 0 radical (unpaired) electrons. The first-order chi connectivity index (χ1) is 12.1. The quantitative estimate of drug-likeness (QED) is 0.586. The van der Waals surface area contributed by atoms with Crippen LogP contribution < -0.4 is 14.8 Å². The van der Waals surface area contributed by atoms with E-state index in [2.05, 4.69) is 37.2 Å². The summed E-state index contributed by atoms with van der Waals surface area (Å²) in [5.41, 5.74) is 2.13. The lowest BCUT2D eigenvalue weighted by molar-refractivity contribution is -0.120. The van der Waals surface area contributed by atoms with E-state index in [4.69, 9.17) is 9.47 Å². The number of hydrogen-bond acceptors (Lipinski definition) is 3. The fraction of sp³-hybridized carbons (Fsp3) is 0.316. The second kappa shape index (κ2) is 9.82. The number of halogens is 2. The highest BCUT2D eigenvalue weighted by Gasteiger charge is 2.24. The minimum absolute atomic E-state index is 0.0498. The van der Waals surface area contributed by atoms with Gasteiger partial charge in [-0.3, -0.25) is 4.79 Å². The predicted molar refractivity (Wildman–Crippen MR) is 107 cm³/mol. The zero-order valence-corrected chi connectivity index (χ0v) is 17.3. The van der Waals surface area contributed by atoms with Gasteiger partial charge in [0.2, 0.25) is 5.91 Å². The predicted octanol–water partition coefficient (Wildman–Crippen LogP) is 4.26. The first-order valence-corrected chi connectivity index (χ1v) is 9.71. The van der Waals surface area contributed by atoms with Gasteiger partial charge in [-0.25, -0.2) is 0 Å². The summed E-state index contributed by atoms with van der Waals surface area (Å²) in [6, 6.07) is 15.6. The standard InChI is InChI=1S/C19H21Br2NO3/c1-24-15-9-8-13(12-16(15)25-2)10-11-22-19(23)18(21)17(20)14-6-4-3-5-7-14/h3-9,12,17-18H,10-11H2,1-2H3,(H,22,23)/t17-,18-/m1/s1. The molecular formula is C19H21Br2NO3. The molecule has 4 nitrogen and oxygen atoms in total. The van der Waals surface area contributed by atoms with Crippen LogP contribution in [0.25, 0.3) is 0 Å². The minimum Gasteiger partial charge on any atom is -0.493 e. The van der Waals surface area contributed by atoms with Gasteiger partial charge in [0.05, 0.1) is 19.0 Å². The number of amides is 1. The lowest BCUT2D eigenvalue weighted by atomic mass is 10.1. The van der Waals surface area contributed by atoms with Crippen molar-refractivity contribution < 1.29 is 14.3 Å². The normalized spacial score (nSPS) is 13.0. The van der Waals surface area contributed by atoms with Crippen LogP contribution in [0.3, 0.4) is 0 Å². The maximum Gasteiger partial charge on any atom is 0.235 e. The number of hydrogen-bond donors (Lipinski definition) is 1. The van der Waals surface area contributed by atoms with Crippen molar-refractivity contribution in [2.24, 2.45) is 0 Å². The molecule has 2 atom stereocenters. The third-order valence-electron chi connectivity index (χ3n) is 3.79. The van der Waals surface area contributed by atoms with Crippen LogP contribution >= 0.6 is 31.9 Å². The molecule has 0 bridgehead atoms. The van der Waals surface area contributed by atoms with Crippen LogP contribution in [0.15, 0.2) is 48.5 Å². The highest BCUT2D eigenvalue weighted by Crippen LogP contribution is 2.31. The van der Waals surface area contributed by atoms with E-state index in [-0.39, 0.29) is 15.6 Å². The van der Waals surface area contributed by atoms with Crippen molar-refractivity contribution in [1.29, 1.82) is 0 Å². The average molecular weight is 471 g/mol. The van der Waals surface area contributed by atoms with E-state index in [9.17, 15) is 4.79 Å². The Morgan fingerprint density at radius 3 is 2.36 bits per heavy atom. The van der Waals surface area contributed by atoms with E-state index < -0.39 is 0 Å². The number of benzene rings is 2. The maximum absolute atomic E-state index is 12.3. The van der Waals surface area contributed by atoms with Crippen molar-refractivity contribution in [3.8, 4) is 11.5 Å². The summed E-state index contributed by atoms with van der Waals surface area (Å²) in [5, 5.41) is 2.96. The second-order valence-electron chi connectivity index (χ2n) is 5.44. The Morgan fingerprint density at radius 1 is 1.04 bits per heavy atom. The number of rotatable bonds is 8. The fourth-order valence-corrected chi connectivity index (χ4v) is 3.41. The first-order valence-electron chi connectivity index (χ1n) is 7.88. The molecule has 0 aromatic heterocycles. The lowest BCUT2D eigenvalue weighted by Gasteiger charge is -2.17. The van der Waals surface area contributed by atoms with E-state index in [1.165, 1.54) is 0 Å². The number of ether oxygens (including phenoxy) is 2. The molecule has 0 saturated carbocycles. The third-order valence-corrected chi connectivity index (χ3v) is 6.50. The molecule has 2 rings (SSSR count). The van der Waals surface area contributed by atoms with Gasteiger partial charge in [0.25, 0.3) is 0 Å². The highest BCUT2D eigenvalue weighted by atomic mass is 79.9. The monoisotopic (exact) mass is 469 g/mol. The van der Waals surface area contributed by atoms with E-state index in [0.29, 0.717) is 24.5 Å². The van der Waals surface area contributed by atoms with Gasteiger partial charge in [-0.05, 0) is 29.7 Å². The molecule has 0 fully saturated rings. The molecule has 2 aromatic carbocycles. The molecule has 0 aliphatic carbocycles. The number of nitrogens with one attached hydrogen (secondary N) is 1. The average Bonchev–Trinajstić information content (AvgIpc) is 2.67. The summed E-state index contributed by atoms with van der Waals surface area (Å²) in [6.07, 6.45) is 0.712. The number of carbonyl (C=O) groups excluding carboxylic acids is 1.